The first-order valence-electron chi connectivity index (χ1n) is 9.29. The van der Waals surface area contributed by atoms with E-state index in [1.807, 2.05) is 29.2 Å². The molecular formula is C21H24ClN3O3. The second-order valence-corrected chi connectivity index (χ2v) is 7.34. The average Bonchev–Trinajstić information content (AvgIpc) is 2.69. The number of halogens is 1. The van der Waals surface area contributed by atoms with Crippen molar-refractivity contribution >= 4 is 23.4 Å². The highest BCUT2D eigenvalue weighted by atomic mass is 35.5. The number of amides is 2. The molecule has 0 aliphatic carbocycles. The summed E-state index contributed by atoms with van der Waals surface area (Å²) in [6.45, 7) is 2.21. The first kappa shape index (κ1) is 20.2. The number of benzene rings is 2. The second-order valence-electron chi connectivity index (χ2n) is 6.90. The van der Waals surface area contributed by atoms with E-state index in [4.69, 9.17) is 17.3 Å². The Balaban J connectivity index is 1.56. The van der Waals surface area contributed by atoms with E-state index in [0.29, 0.717) is 44.0 Å². The number of phenolic OH excluding ortho intramolecular Hbond substituents is 1. The van der Waals surface area contributed by atoms with Gasteiger partial charge in [0.2, 0.25) is 11.8 Å². The summed E-state index contributed by atoms with van der Waals surface area (Å²) in [7, 11) is 0. The van der Waals surface area contributed by atoms with Crippen molar-refractivity contribution in [1.29, 1.82) is 0 Å². The molecule has 1 aliphatic rings. The molecule has 7 heteroatoms. The molecule has 1 unspecified atom stereocenters. The van der Waals surface area contributed by atoms with Crippen LogP contribution >= 0.6 is 11.6 Å². The van der Waals surface area contributed by atoms with Gasteiger partial charge in [0, 0.05) is 37.6 Å². The highest BCUT2D eigenvalue weighted by Crippen LogP contribution is 2.24. The molecule has 148 valence electrons. The normalized spacial score (nSPS) is 16.0. The third-order valence-electron chi connectivity index (χ3n) is 5.09. The smallest absolute Gasteiger partial charge is 0.239 e. The predicted octanol–water partition coefficient (Wildman–Crippen LogP) is 2.35. The van der Waals surface area contributed by atoms with Gasteiger partial charge in [-0.25, -0.2) is 0 Å². The lowest BCUT2D eigenvalue weighted by atomic mass is 10.0. The number of primary amides is 1. The molecule has 2 aromatic rings. The molecule has 1 fully saturated rings. The lowest BCUT2D eigenvalue weighted by Gasteiger charge is -2.38. The lowest BCUT2D eigenvalue weighted by Crippen LogP contribution is -2.51. The molecule has 1 heterocycles. The number of carbonyl (C=O) groups excluding carboxylic acids is 2. The minimum atomic E-state index is -0.532. The van der Waals surface area contributed by atoms with Gasteiger partial charge in [0.05, 0.1) is 0 Å². The largest absolute Gasteiger partial charge is 0.508 e. The molecule has 2 amide bonds. The number of rotatable bonds is 6. The van der Waals surface area contributed by atoms with E-state index in [0.717, 1.165) is 11.1 Å². The first-order valence-corrected chi connectivity index (χ1v) is 9.67. The monoisotopic (exact) mass is 401 g/mol. The molecule has 0 spiro atoms. The molecule has 1 saturated heterocycles. The summed E-state index contributed by atoms with van der Waals surface area (Å²) in [5, 5.41) is 10.4. The summed E-state index contributed by atoms with van der Waals surface area (Å²) in [4.78, 5) is 28.4. The maximum atomic E-state index is 12.5. The van der Waals surface area contributed by atoms with Crippen molar-refractivity contribution in [1.82, 2.24) is 9.80 Å². The van der Waals surface area contributed by atoms with Gasteiger partial charge in [-0.3, -0.25) is 14.5 Å². The van der Waals surface area contributed by atoms with Crippen LogP contribution in [0.4, 0.5) is 0 Å². The number of aromatic hydroxyl groups is 1. The van der Waals surface area contributed by atoms with Gasteiger partial charge in [0.25, 0.3) is 0 Å². The second kappa shape index (κ2) is 9.08. The van der Waals surface area contributed by atoms with Crippen LogP contribution < -0.4 is 5.73 Å². The van der Waals surface area contributed by atoms with Crippen LogP contribution in [0.25, 0.3) is 0 Å². The topological polar surface area (TPSA) is 86.9 Å². The molecule has 3 rings (SSSR count). The van der Waals surface area contributed by atoms with Crippen LogP contribution in [0.3, 0.4) is 0 Å². The van der Waals surface area contributed by atoms with Crippen molar-refractivity contribution in [3.63, 3.8) is 0 Å². The van der Waals surface area contributed by atoms with Gasteiger partial charge in [0.1, 0.15) is 11.8 Å². The van der Waals surface area contributed by atoms with Crippen LogP contribution in [0.2, 0.25) is 5.02 Å². The Morgan fingerprint density at radius 2 is 1.68 bits per heavy atom. The van der Waals surface area contributed by atoms with Gasteiger partial charge in [-0.15, -0.1) is 0 Å². The van der Waals surface area contributed by atoms with Crippen molar-refractivity contribution in [2.45, 2.75) is 18.9 Å². The highest BCUT2D eigenvalue weighted by Gasteiger charge is 2.30. The molecule has 1 atom stereocenters. The zero-order valence-corrected chi connectivity index (χ0v) is 16.3. The number of para-hydroxylation sites is 1. The third kappa shape index (κ3) is 4.82. The fraction of sp³-hybridized carbons (Fsp3) is 0.333. The third-order valence-corrected chi connectivity index (χ3v) is 5.34. The Morgan fingerprint density at radius 1 is 1.04 bits per heavy atom. The maximum absolute atomic E-state index is 12.5. The van der Waals surface area contributed by atoms with Crippen LogP contribution in [0.5, 0.6) is 5.75 Å². The number of piperazine rings is 1. The molecule has 2 aromatic carbocycles. The summed E-state index contributed by atoms with van der Waals surface area (Å²) in [6.07, 6.45) is 0.842. The van der Waals surface area contributed by atoms with E-state index in [9.17, 15) is 14.7 Å². The number of carbonyl (C=O) groups is 2. The Morgan fingerprint density at radius 3 is 2.29 bits per heavy atom. The van der Waals surface area contributed by atoms with Crippen LogP contribution in [0, 0.1) is 0 Å². The van der Waals surface area contributed by atoms with Crippen molar-refractivity contribution in [2.24, 2.45) is 5.73 Å². The van der Waals surface area contributed by atoms with E-state index in [2.05, 4.69) is 0 Å². The predicted molar refractivity (Wildman–Crippen MR) is 108 cm³/mol. The zero-order chi connectivity index (χ0) is 20.1. The summed E-state index contributed by atoms with van der Waals surface area (Å²) >= 11 is 5.93. The number of hydrogen-bond donors (Lipinski definition) is 2. The van der Waals surface area contributed by atoms with Crippen molar-refractivity contribution in [3.05, 3.63) is 64.7 Å². The summed E-state index contributed by atoms with van der Waals surface area (Å²) in [5.74, 6) is -0.154. The van der Waals surface area contributed by atoms with E-state index in [1.54, 1.807) is 29.2 Å². The van der Waals surface area contributed by atoms with Gasteiger partial charge < -0.3 is 15.7 Å². The molecule has 3 N–H and O–H groups in total. The molecule has 0 bridgehead atoms. The van der Waals surface area contributed by atoms with Crippen LogP contribution in [0.15, 0.2) is 48.5 Å². The molecular weight excluding hydrogens is 378 g/mol. The summed E-state index contributed by atoms with van der Waals surface area (Å²) in [5.41, 5.74) is 7.21. The summed E-state index contributed by atoms with van der Waals surface area (Å²) < 4.78 is 0. The highest BCUT2D eigenvalue weighted by molar-refractivity contribution is 6.30. The summed E-state index contributed by atoms with van der Waals surface area (Å²) in [6, 6.07) is 13.6. The first-order chi connectivity index (χ1) is 13.5. The fourth-order valence-electron chi connectivity index (χ4n) is 3.55. The van der Waals surface area contributed by atoms with Gasteiger partial charge in [-0.05, 0) is 35.7 Å². The number of phenols is 1. The lowest BCUT2D eigenvalue weighted by molar-refractivity contribution is -0.134. The van der Waals surface area contributed by atoms with Gasteiger partial charge in [0.15, 0.2) is 0 Å². The quantitative estimate of drug-likeness (QED) is 0.777. The molecule has 6 nitrogen and oxygen atoms in total. The number of aryl methyl sites for hydroxylation is 1. The van der Waals surface area contributed by atoms with E-state index < -0.39 is 11.9 Å². The van der Waals surface area contributed by atoms with Crippen LogP contribution in [-0.2, 0) is 16.0 Å². The number of nitrogens with zero attached hydrogens (tertiary/aromatic N) is 2. The Bertz CT molecular complexity index is 833. The zero-order valence-electron chi connectivity index (χ0n) is 15.6. The molecule has 1 aliphatic heterocycles. The molecule has 0 aromatic heterocycles. The SMILES string of the molecule is NC(=O)C(c1ccc(Cl)cc1)N1CCN(C(=O)CCc2ccccc2O)CC1. The standard InChI is InChI=1S/C21H24ClN3O3/c22-17-8-5-16(6-9-17)20(21(23)28)25-13-11-24(12-14-25)19(27)10-7-15-3-1-2-4-18(15)26/h1-6,8-9,20,26H,7,10-14H2,(H2,23,28). The van der Waals surface area contributed by atoms with Crippen LogP contribution in [-0.4, -0.2) is 52.9 Å². The van der Waals surface area contributed by atoms with Crippen molar-refractivity contribution in [3.8, 4) is 5.75 Å². The number of hydrogen-bond acceptors (Lipinski definition) is 4. The van der Waals surface area contributed by atoms with Crippen molar-refractivity contribution in [2.75, 3.05) is 26.2 Å². The Labute approximate surface area is 169 Å². The fourth-order valence-corrected chi connectivity index (χ4v) is 3.68. The minimum Gasteiger partial charge on any atom is -0.508 e. The van der Waals surface area contributed by atoms with E-state index in [1.165, 1.54) is 0 Å². The average molecular weight is 402 g/mol. The van der Waals surface area contributed by atoms with E-state index >= 15 is 0 Å². The molecule has 0 radical (unpaired) electrons. The minimum absolute atomic E-state index is 0.0463. The Kier molecular flexibility index (Phi) is 6.54. The van der Waals surface area contributed by atoms with Gasteiger partial charge in [-0.2, -0.15) is 0 Å². The van der Waals surface area contributed by atoms with Crippen LogP contribution in [0.1, 0.15) is 23.6 Å². The van der Waals surface area contributed by atoms with E-state index in [-0.39, 0.29) is 11.7 Å². The Hall–Kier alpha value is -2.57. The van der Waals surface area contributed by atoms with Crippen molar-refractivity contribution < 1.29 is 14.7 Å². The van der Waals surface area contributed by atoms with Gasteiger partial charge in [-0.1, -0.05) is 41.9 Å². The van der Waals surface area contributed by atoms with Gasteiger partial charge >= 0.3 is 0 Å². The molecule has 28 heavy (non-hydrogen) atoms. The maximum Gasteiger partial charge on any atom is 0.239 e. The molecule has 0 saturated carbocycles. The number of nitrogens with two attached hydrogens (primary N) is 1.